The fraction of sp³-hybridized carbons (Fsp3) is 0.190. The van der Waals surface area contributed by atoms with Gasteiger partial charge in [0, 0.05) is 28.7 Å². The van der Waals surface area contributed by atoms with E-state index in [1.807, 2.05) is 54.6 Å². The first-order valence-corrected chi connectivity index (χ1v) is 10.1. The van der Waals surface area contributed by atoms with Crippen molar-refractivity contribution in [2.45, 2.75) is 29.3 Å². The molecule has 6 nitrogen and oxygen atoms in total. The van der Waals surface area contributed by atoms with Crippen molar-refractivity contribution >= 4 is 28.4 Å². The van der Waals surface area contributed by atoms with Gasteiger partial charge in [0.05, 0.1) is 0 Å². The molecule has 7 heteroatoms. The lowest BCUT2D eigenvalue weighted by Gasteiger charge is -2.15. The second-order valence-electron chi connectivity index (χ2n) is 6.93. The van der Waals surface area contributed by atoms with E-state index in [0.717, 1.165) is 29.3 Å². The molecule has 28 heavy (non-hydrogen) atoms. The maximum absolute atomic E-state index is 13.6. The predicted molar refractivity (Wildman–Crippen MR) is 109 cm³/mol. The highest BCUT2D eigenvalue weighted by molar-refractivity contribution is 8.00. The lowest BCUT2D eigenvalue weighted by molar-refractivity contribution is 0.0991. The van der Waals surface area contributed by atoms with Gasteiger partial charge in [-0.25, -0.2) is 9.89 Å². The van der Waals surface area contributed by atoms with Crippen LogP contribution < -0.4 is 5.69 Å². The maximum atomic E-state index is 13.6. The monoisotopic (exact) mass is 390 g/mol. The number of hydrogen-bond acceptors (Lipinski definition) is 4. The van der Waals surface area contributed by atoms with Gasteiger partial charge in [-0.3, -0.25) is 9.36 Å². The topological polar surface area (TPSA) is 83.5 Å². The summed E-state index contributed by atoms with van der Waals surface area (Å²) >= 11 is 1.33. The Morgan fingerprint density at radius 1 is 1.11 bits per heavy atom. The average Bonchev–Trinajstić information content (AvgIpc) is 3.36. The molecule has 2 aromatic heterocycles. The summed E-state index contributed by atoms with van der Waals surface area (Å²) in [7, 11) is 0. The molecule has 2 N–H and O–H groups in total. The van der Waals surface area contributed by atoms with E-state index >= 15 is 0 Å². The van der Waals surface area contributed by atoms with Crippen molar-refractivity contribution in [1.82, 2.24) is 19.7 Å². The third kappa shape index (κ3) is 2.97. The lowest BCUT2D eigenvalue weighted by Crippen LogP contribution is -2.17. The van der Waals surface area contributed by atoms with Crippen molar-refractivity contribution < 1.29 is 4.79 Å². The highest BCUT2D eigenvalue weighted by Gasteiger charge is 2.32. The largest absolute Gasteiger partial charge is 0.360 e. The highest BCUT2D eigenvalue weighted by Crippen LogP contribution is 2.41. The number of carbonyl (C=O) groups excluding carboxylic acids is 1. The SMILES string of the molecule is O=C(c1c[nH]c2ccccc12)C(Sc1n[nH]c(=O)n1C1CC1)c1ccccc1. The van der Waals surface area contributed by atoms with Gasteiger partial charge in [-0.2, -0.15) is 0 Å². The molecule has 1 aliphatic rings. The molecular formula is C21H18N4O2S. The van der Waals surface area contributed by atoms with Crippen molar-refractivity contribution in [3.63, 3.8) is 0 Å². The summed E-state index contributed by atoms with van der Waals surface area (Å²) in [5, 5.41) is 7.71. The number of para-hydroxylation sites is 1. The number of hydrogen-bond donors (Lipinski definition) is 2. The first-order valence-electron chi connectivity index (χ1n) is 9.21. The van der Waals surface area contributed by atoms with Crippen LogP contribution in [0.1, 0.15) is 40.1 Å². The Morgan fingerprint density at radius 2 is 1.86 bits per heavy atom. The van der Waals surface area contributed by atoms with Gasteiger partial charge in [0.2, 0.25) is 0 Å². The van der Waals surface area contributed by atoms with Gasteiger partial charge in [0.1, 0.15) is 5.25 Å². The molecule has 4 aromatic rings. The number of aromatic nitrogens is 4. The van der Waals surface area contributed by atoms with Crippen LogP contribution in [0.5, 0.6) is 0 Å². The third-order valence-electron chi connectivity index (χ3n) is 5.00. The molecule has 0 bridgehead atoms. The number of Topliss-reactive ketones (excluding diaryl/α,β-unsaturated/α-hetero) is 1. The first kappa shape index (κ1) is 17.1. The maximum Gasteiger partial charge on any atom is 0.344 e. The zero-order valence-corrected chi connectivity index (χ0v) is 15.8. The smallest absolute Gasteiger partial charge is 0.344 e. The van der Waals surface area contributed by atoms with Gasteiger partial charge in [0.25, 0.3) is 0 Å². The van der Waals surface area contributed by atoms with Crippen LogP contribution in [0.15, 0.2) is 70.7 Å². The normalized spacial score (nSPS) is 15.0. The number of benzene rings is 2. The second kappa shape index (κ2) is 6.83. The molecule has 1 unspecified atom stereocenters. The zero-order chi connectivity index (χ0) is 19.1. The van der Waals surface area contributed by atoms with Crippen molar-refractivity contribution in [3.8, 4) is 0 Å². The van der Waals surface area contributed by atoms with E-state index in [1.54, 1.807) is 10.8 Å². The fourth-order valence-corrected chi connectivity index (χ4v) is 4.63. The molecule has 0 spiro atoms. The summed E-state index contributed by atoms with van der Waals surface area (Å²) in [4.78, 5) is 28.9. The number of ketones is 1. The number of rotatable bonds is 6. The van der Waals surface area contributed by atoms with E-state index in [4.69, 9.17) is 0 Å². The molecule has 1 saturated carbocycles. The summed E-state index contributed by atoms with van der Waals surface area (Å²) in [6.45, 7) is 0. The van der Waals surface area contributed by atoms with Crippen LogP contribution in [0.2, 0.25) is 0 Å². The quantitative estimate of drug-likeness (QED) is 0.383. The Kier molecular flexibility index (Phi) is 4.16. The van der Waals surface area contributed by atoms with Gasteiger partial charge < -0.3 is 4.98 Å². The Bertz CT molecular complexity index is 1200. The number of thioether (sulfide) groups is 1. The highest BCUT2D eigenvalue weighted by atomic mass is 32.2. The first-order chi connectivity index (χ1) is 13.7. The molecule has 1 fully saturated rings. The van der Waals surface area contributed by atoms with Crippen LogP contribution in [0.4, 0.5) is 0 Å². The number of nitrogens with one attached hydrogen (secondary N) is 2. The van der Waals surface area contributed by atoms with Crippen LogP contribution in [0.25, 0.3) is 10.9 Å². The minimum absolute atomic E-state index is 0.00792. The van der Waals surface area contributed by atoms with E-state index < -0.39 is 5.25 Å². The molecule has 0 amide bonds. The van der Waals surface area contributed by atoms with Gasteiger partial charge in [-0.1, -0.05) is 60.3 Å². The second-order valence-corrected chi connectivity index (χ2v) is 8.01. The van der Waals surface area contributed by atoms with Crippen molar-refractivity contribution in [3.05, 3.63) is 82.4 Å². The van der Waals surface area contributed by atoms with Crippen molar-refractivity contribution in [2.75, 3.05) is 0 Å². The summed E-state index contributed by atoms with van der Waals surface area (Å²) in [6.07, 6.45) is 3.71. The molecule has 5 rings (SSSR count). The molecule has 0 radical (unpaired) electrons. The minimum atomic E-state index is -0.492. The molecule has 140 valence electrons. The van der Waals surface area contributed by atoms with E-state index in [2.05, 4.69) is 15.2 Å². The number of nitrogens with zero attached hydrogens (tertiary/aromatic N) is 2. The standard InChI is InChI=1S/C21H18N4O2S/c26-18(16-12-22-17-9-5-4-8-15(16)17)19(13-6-2-1-3-7-13)28-21-24-23-20(27)25(21)14-10-11-14/h1-9,12,14,19,22H,10-11H2,(H,23,27). The Balaban J connectivity index is 1.57. The molecular weight excluding hydrogens is 372 g/mol. The van der Waals surface area contributed by atoms with E-state index in [1.165, 1.54) is 11.8 Å². The van der Waals surface area contributed by atoms with Crippen LogP contribution in [-0.2, 0) is 0 Å². The summed E-state index contributed by atoms with van der Waals surface area (Å²) in [5.74, 6) is -0.00792. The van der Waals surface area contributed by atoms with Crippen LogP contribution in [0.3, 0.4) is 0 Å². The van der Waals surface area contributed by atoms with Crippen molar-refractivity contribution in [2.24, 2.45) is 0 Å². The number of carbonyl (C=O) groups is 1. The number of H-pyrrole nitrogens is 2. The molecule has 0 saturated heterocycles. The van der Waals surface area contributed by atoms with Crippen LogP contribution in [0, 0.1) is 0 Å². The van der Waals surface area contributed by atoms with E-state index in [-0.39, 0.29) is 17.5 Å². The number of aromatic amines is 2. The fourth-order valence-electron chi connectivity index (χ4n) is 3.45. The predicted octanol–water partition coefficient (Wildman–Crippen LogP) is 4.10. The summed E-state index contributed by atoms with van der Waals surface area (Å²) in [5.41, 5.74) is 2.25. The Hall–Kier alpha value is -3.06. The minimum Gasteiger partial charge on any atom is -0.360 e. The number of fused-ring (bicyclic) bond motifs is 1. The van der Waals surface area contributed by atoms with Crippen molar-refractivity contribution in [1.29, 1.82) is 0 Å². The molecule has 2 heterocycles. The Labute approximate surface area is 165 Å². The molecule has 2 aromatic carbocycles. The van der Waals surface area contributed by atoms with Gasteiger partial charge in [-0.15, -0.1) is 5.10 Å². The molecule has 1 aliphatic carbocycles. The van der Waals surface area contributed by atoms with Gasteiger partial charge in [-0.05, 0) is 24.5 Å². The zero-order valence-electron chi connectivity index (χ0n) is 15.0. The summed E-state index contributed by atoms with van der Waals surface area (Å²) in [6, 6.07) is 17.6. The van der Waals surface area contributed by atoms with E-state index in [0.29, 0.717) is 10.7 Å². The van der Waals surface area contributed by atoms with Gasteiger partial charge >= 0.3 is 5.69 Å². The van der Waals surface area contributed by atoms with Crippen LogP contribution in [-0.4, -0.2) is 25.5 Å². The van der Waals surface area contributed by atoms with Gasteiger partial charge in [0.15, 0.2) is 10.9 Å². The Morgan fingerprint density at radius 3 is 2.64 bits per heavy atom. The molecule has 1 atom stereocenters. The average molecular weight is 390 g/mol. The lowest BCUT2D eigenvalue weighted by atomic mass is 10.0. The molecule has 0 aliphatic heterocycles. The van der Waals surface area contributed by atoms with Crippen LogP contribution >= 0.6 is 11.8 Å². The summed E-state index contributed by atoms with van der Waals surface area (Å²) < 4.78 is 1.68. The van der Waals surface area contributed by atoms with E-state index in [9.17, 15) is 9.59 Å². The third-order valence-corrected chi connectivity index (χ3v) is 6.22.